The maximum absolute atomic E-state index is 10.7. The van der Waals surface area contributed by atoms with E-state index in [1.165, 1.54) is 12.1 Å². The lowest BCUT2D eigenvalue weighted by molar-refractivity contribution is 0.0139. The van der Waals surface area contributed by atoms with Crippen LogP contribution >= 0.6 is 0 Å². The van der Waals surface area contributed by atoms with Crippen LogP contribution in [0, 0.1) is 0 Å². The average Bonchev–Trinajstić information content (AvgIpc) is 2.34. The van der Waals surface area contributed by atoms with Crippen molar-refractivity contribution < 1.29 is 25.2 Å². The van der Waals surface area contributed by atoms with Gasteiger partial charge in [-0.3, -0.25) is 0 Å². The Morgan fingerprint density at radius 2 is 2.06 bits per heavy atom. The summed E-state index contributed by atoms with van der Waals surface area (Å²) in [6.45, 7) is 0.539. The zero-order chi connectivity index (χ0) is 13.7. The van der Waals surface area contributed by atoms with Gasteiger partial charge >= 0.3 is 5.97 Å². The summed E-state index contributed by atoms with van der Waals surface area (Å²) in [7, 11) is 1.73. The maximum Gasteiger partial charge on any atom is 0.339 e. The predicted octanol–water partition coefficient (Wildman–Crippen LogP) is 0.0942. The summed E-state index contributed by atoms with van der Waals surface area (Å²) in [4.78, 5) is 10.7. The first kappa shape index (κ1) is 14.4. The number of carboxylic acids is 1. The Kier molecular flexibility index (Phi) is 5.08. The van der Waals surface area contributed by atoms with E-state index >= 15 is 0 Å². The molecular weight excluding hydrogens is 238 g/mol. The Labute approximate surface area is 105 Å². The lowest BCUT2D eigenvalue weighted by Crippen LogP contribution is -2.23. The number of aliphatic hydroxyl groups excluding tert-OH is 2. The second-order valence-corrected chi connectivity index (χ2v) is 3.99. The fourth-order valence-corrected chi connectivity index (χ4v) is 1.59. The molecule has 0 aliphatic carbocycles. The zero-order valence-electron chi connectivity index (χ0n) is 10.00. The van der Waals surface area contributed by atoms with E-state index in [1.807, 2.05) is 0 Å². The predicted molar refractivity (Wildman–Crippen MR) is 64.6 cm³/mol. The van der Waals surface area contributed by atoms with E-state index in [2.05, 4.69) is 5.32 Å². The van der Waals surface area contributed by atoms with Crippen molar-refractivity contribution in [2.75, 3.05) is 13.6 Å². The molecule has 1 aromatic carbocycles. The van der Waals surface area contributed by atoms with Gasteiger partial charge in [0.05, 0.1) is 6.10 Å². The number of hydrogen-bond acceptors (Lipinski definition) is 5. The van der Waals surface area contributed by atoms with Crippen LogP contribution in [0.4, 0.5) is 0 Å². The van der Waals surface area contributed by atoms with Crippen molar-refractivity contribution >= 4 is 5.97 Å². The van der Waals surface area contributed by atoms with E-state index in [4.69, 9.17) is 5.11 Å². The molecule has 6 nitrogen and oxygen atoms in total. The minimum absolute atomic E-state index is 0.240. The monoisotopic (exact) mass is 255 g/mol. The number of aliphatic hydroxyl groups is 2. The Morgan fingerprint density at radius 1 is 1.39 bits per heavy atom. The second kappa shape index (κ2) is 6.34. The second-order valence-electron chi connectivity index (χ2n) is 3.99. The van der Waals surface area contributed by atoms with Crippen LogP contribution in [0.2, 0.25) is 0 Å². The number of carboxylic acid groups (broad SMARTS) is 1. The number of carbonyl (C=O) groups is 1. The van der Waals surface area contributed by atoms with Gasteiger partial charge in [-0.05, 0) is 37.7 Å². The molecule has 0 aliphatic rings. The summed E-state index contributed by atoms with van der Waals surface area (Å²) in [6, 6.07) is 3.72. The number of nitrogens with one attached hydrogen (secondary N) is 1. The summed E-state index contributed by atoms with van der Waals surface area (Å²) < 4.78 is 0. The van der Waals surface area contributed by atoms with Crippen molar-refractivity contribution in [2.45, 2.75) is 18.6 Å². The van der Waals surface area contributed by atoms with Crippen molar-refractivity contribution in [3.8, 4) is 5.75 Å². The number of benzene rings is 1. The Hall–Kier alpha value is -1.63. The number of aromatic carboxylic acids is 1. The van der Waals surface area contributed by atoms with E-state index in [0.29, 0.717) is 13.0 Å². The van der Waals surface area contributed by atoms with Crippen molar-refractivity contribution in [3.63, 3.8) is 0 Å². The van der Waals surface area contributed by atoms with Crippen LogP contribution in [-0.4, -0.2) is 46.1 Å². The van der Waals surface area contributed by atoms with Crippen LogP contribution in [-0.2, 0) is 0 Å². The van der Waals surface area contributed by atoms with Crippen LogP contribution in [0.1, 0.15) is 28.4 Å². The minimum atomic E-state index is -1.25. The van der Waals surface area contributed by atoms with Gasteiger partial charge in [0.1, 0.15) is 17.4 Å². The SMILES string of the molecule is CNCCC(O)C(O)c1ccc(C(=O)O)c(O)c1. The standard InChI is InChI=1S/C12H17NO5/c1-13-5-4-9(14)11(16)7-2-3-8(12(17)18)10(15)6-7/h2-3,6,9,11,13-16H,4-5H2,1H3,(H,17,18). The van der Waals surface area contributed by atoms with Gasteiger partial charge in [-0.15, -0.1) is 0 Å². The van der Waals surface area contributed by atoms with Gasteiger partial charge < -0.3 is 25.7 Å². The quantitative estimate of drug-likeness (QED) is 0.493. The normalized spacial score (nSPS) is 14.2. The lowest BCUT2D eigenvalue weighted by atomic mass is 10.00. The average molecular weight is 255 g/mol. The molecule has 2 unspecified atom stereocenters. The topological polar surface area (TPSA) is 110 Å². The molecule has 0 aliphatic heterocycles. The summed E-state index contributed by atoms with van der Waals surface area (Å²) in [5, 5.41) is 40.6. The Morgan fingerprint density at radius 3 is 2.56 bits per heavy atom. The highest BCUT2D eigenvalue weighted by Crippen LogP contribution is 2.25. The molecule has 5 N–H and O–H groups in total. The molecule has 0 radical (unpaired) electrons. The van der Waals surface area contributed by atoms with Gasteiger partial charge in [-0.2, -0.15) is 0 Å². The van der Waals surface area contributed by atoms with Gasteiger partial charge in [0.25, 0.3) is 0 Å². The van der Waals surface area contributed by atoms with Crippen LogP contribution in [0.3, 0.4) is 0 Å². The van der Waals surface area contributed by atoms with Crippen LogP contribution in [0.25, 0.3) is 0 Å². The summed E-state index contributed by atoms with van der Waals surface area (Å²) >= 11 is 0. The van der Waals surface area contributed by atoms with Crippen molar-refractivity contribution in [1.82, 2.24) is 5.32 Å². The summed E-state index contributed by atoms with van der Waals surface area (Å²) in [5.74, 6) is -1.68. The third-order valence-electron chi connectivity index (χ3n) is 2.65. The Balaban J connectivity index is 2.83. The third kappa shape index (κ3) is 3.43. The van der Waals surface area contributed by atoms with Gasteiger partial charge in [-0.1, -0.05) is 6.07 Å². The van der Waals surface area contributed by atoms with Crippen LogP contribution in [0.5, 0.6) is 5.75 Å². The molecule has 6 heteroatoms. The molecule has 100 valence electrons. The lowest BCUT2D eigenvalue weighted by Gasteiger charge is -2.18. The summed E-state index contributed by atoms with van der Waals surface area (Å²) in [5.41, 5.74) is 0.0387. The molecule has 0 heterocycles. The highest BCUT2D eigenvalue weighted by molar-refractivity contribution is 5.90. The fourth-order valence-electron chi connectivity index (χ4n) is 1.59. The van der Waals surface area contributed by atoms with E-state index in [9.17, 15) is 20.1 Å². The Bertz CT molecular complexity index is 421. The van der Waals surface area contributed by atoms with Crippen molar-refractivity contribution in [1.29, 1.82) is 0 Å². The summed E-state index contributed by atoms with van der Waals surface area (Å²) in [6.07, 6.45) is -1.79. The smallest absolute Gasteiger partial charge is 0.339 e. The first-order valence-electron chi connectivity index (χ1n) is 5.54. The number of phenols is 1. The van der Waals surface area contributed by atoms with Gasteiger partial charge in [-0.25, -0.2) is 4.79 Å². The molecule has 0 saturated heterocycles. The first-order chi connectivity index (χ1) is 8.47. The third-order valence-corrected chi connectivity index (χ3v) is 2.65. The molecular formula is C12H17NO5. The largest absolute Gasteiger partial charge is 0.507 e. The minimum Gasteiger partial charge on any atom is -0.507 e. The van der Waals surface area contributed by atoms with E-state index in [1.54, 1.807) is 7.05 Å². The molecule has 0 saturated carbocycles. The molecule has 0 fully saturated rings. The molecule has 2 atom stereocenters. The van der Waals surface area contributed by atoms with Crippen LogP contribution in [0.15, 0.2) is 18.2 Å². The van der Waals surface area contributed by atoms with Gasteiger partial charge in [0, 0.05) is 0 Å². The molecule has 1 aromatic rings. The zero-order valence-corrected chi connectivity index (χ0v) is 10.00. The first-order valence-corrected chi connectivity index (χ1v) is 5.54. The van der Waals surface area contributed by atoms with Crippen molar-refractivity contribution in [2.24, 2.45) is 0 Å². The van der Waals surface area contributed by atoms with E-state index in [0.717, 1.165) is 6.07 Å². The number of rotatable bonds is 6. The fraction of sp³-hybridized carbons (Fsp3) is 0.417. The van der Waals surface area contributed by atoms with E-state index in [-0.39, 0.29) is 11.1 Å². The highest BCUT2D eigenvalue weighted by Gasteiger charge is 2.20. The molecule has 0 aromatic heterocycles. The molecule has 18 heavy (non-hydrogen) atoms. The maximum atomic E-state index is 10.7. The van der Waals surface area contributed by atoms with E-state index < -0.39 is 23.9 Å². The number of aromatic hydroxyl groups is 1. The number of hydrogen-bond donors (Lipinski definition) is 5. The molecule has 0 bridgehead atoms. The molecule has 0 spiro atoms. The molecule has 0 amide bonds. The van der Waals surface area contributed by atoms with Crippen molar-refractivity contribution in [3.05, 3.63) is 29.3 Å². The van der Waals surface area contributed by atoms with Gasteiger partial charge in [0.2, 0.25) is 0 Å². The van der Waals surface area contributed by atoms with Crippen LogP contribution < -0.4 is 5.32 Å². The molecule has 1 rings (SSSR count). The van der Waals surface area contributed by atoms with Gasteiger partial charge in [0.15, 0.2) is 0 Å². The highest BCUT2D eigenvalue weighted by atomic mass is 16.4.